The predicted octanol–water partition coefficient (Wildman–Crippen LogP) is 1.92. The first kappa shape index (κ1) is 13.0. The van der Waals surface area contributed by atoms with Crippen LogP contribution in [-0.2, 0) is 19.1 Å². The molecule has 0 aromatic heterocycles. The average molecular weight is 228 g/mol. The van der Waals surface area contributed by atoms with Gasteiger partial charge in [0.05, 0.1) is 7.11 Å². The molecule has 1 fully saturated rings. The first-order valence-corrected chi connectivity index (χ1v) is 5.70. The molecule has 0 spiro atoms. The summed E-state index contributed by atoms with van der Waals surface area (Å²) in [7, 11) is 1.38. The van der Waals surface area contributed by atoms with Crippen LogP contribution in [-0.4, -0.2) is 25.2 Å². The van der Waals surface area contributed by atoms with Gasteiger partial charge in [-0.25, -0.2) is 0 Å². The number of rotatable bonds is 3. The lowest BCUT2D eigenvalue weighted by atomic mass is 9.74. The van der Waals surface area contributed by atoms with Crippen molar-refractivity contribution in [1.82, 2.24) is 0 Å². The first-order chi connectivity index (χ1) is 7.45. The fraction of sp³-hybridized carbons (Fsp3) is 0.833. The quantitative estimate of drug-likeness (QED) is 0.692. The predicted molar refractivity (Wildman–Crippen MR) is 58.7 cm³/mol. The van der Waals surface area contributed by atoms with Crippen LogP contribution in [0.4, 0.5) is 0 Å². The van der Waals surface area contributed by atoms with Crippen molar-refractivity contribution in [2.45, 2.75) is 46.1 Å². The number of hydrogen-bond donors (Lipinski definition) is 0. The molecular formula is C12H20O4. The summed E-state index contributed by atoms with van der Waals surface area (Å²) in [5.41, 5.74) is -0.652. The van der Waals surface area contributed by atoms with Crippen molar-refractivity contribution < 1.29 is 19.1 Å². The van der Waals surface area contributed by atoms with Crippen LogP contribution >= 0.6 is 0 Å². The molecule has 0 N–H and O–H groups in total. The van der Waals surface area contributed by atoms with Crippen molar-refractivity contribution in [3.63, 3.8) is 0 Å². The van der Waals surface area contributed by atoms with Crippen LogP contribution in [0.15, 0.2) is 0 Å². The van der Waals surface area contributed by atoms with Crippen LogP contribution in [0.25, 0.3) is 0 Å². The highest BCUT2D eigenvalue weighted by Crippen LogP contribution is 2.47. The second-order valence-electron chi connectivity index (χ2n) is 4.68. The second kappa shape index (κ2) is 4.85. The van der Waals surface area contributed by atoms with E-state index in [0.29, 0.717) is 0 Å². The fourth-order valence-electron chi connectivity index (χ4n) is 2.68. The number of ether oxygens (including phenoxy) is 2. The third-order valence-electron chi connectivity index (χ3n) is 3.54. The van der Waals surface area contributed by atoms with Gasteiger partial charge in [0.1, 0.15) is 11.5 Å². The van der Waals surface area contributed by atoms with E-state index >= 15 is 0 Å². The number of esters is 2. The van der Waals surface area contributed by atoms with E-state index in [1.165, 1.54) is 14.0 Å². The lowest BCUT2D eigenvalue weighted by Gasteiger charge is -2.35. The zero-order chi connectivity index (χ0) is 12.3. The van der Waals surface area contributed by atoms with E-state index in [1.54, 1.807) is 0 Å². The topological polar surface area (TPSA) is 52.6 Å². The Morgan fingerprint density at radius 3 is 2.44 bits per heavy atom. The molecule has 92 valence electrons. The van der Waals surface area contributed by atoms with Gasteiger partial charge in [0, 0.05) is 6.92 Å². The molecule has 4 nitrogen and oxygen atoms in total. The van der Waals surface area contributed by atoms with E-state index in [9.17, 15) is 9.59 Å². The van der Waals surface area contributed by atoms with Crippen molar-refractivity contribution in [2.24, 2.45) is 11.3 Å². The van der Waals surface area contributed by atoms with Crippen molar-refractivity contribution in [3.05, 3.63) is 0 Å². The average Bonchev–Trinajstić information content (AvgIpc) is 2.60. The smallest absolute Gasteiger partial charge is 0.315 e. The fourth-order valence-corrected chi connectivity index (χ4v) is 2.68. The Labute approximate surface area is 96.3 Å². The molecule has 16 heavy (non-hydrogen) atoms. The van der Waals surface area contributed by atoms with Crippen molar-refractivity contribution in [1.29, 1.82) is 0 Å². The zero-order valence-corrected chi connectivity index (χ0v) is 10.4. The molecule has 2 unspecified atom stereocenters. The highest BCUT2D eigenvalue weighted by atomic mass is 16.6. The summed E-state index contributed by atoms with van der Waals surface area (Å²) in [6.07, 6.45) is 2.03. The molecule has 0 aromatic rings. The summed E-state index contributed by atoms with van der Waals surface area (Å²) in [5, 5.41) is 0. The molecule has 2 atom stereocenters. The minimum Gasteiger partial charge on any atom is -0.468 e. The van der Waals surface area contributed by atoms with Crippen LogP contribution in [0.3, 0.4) is 0 Å². The molecule has 0 amide bonds. The molecule has 0 bridgehead atoms. The minimum atomic E-state index is -0.652. The van der Waals surface area contributed by atoms with Gasteiger partial charge in [-0.05, 0) is 25.2 Å². The normalized spacial score (nSPS) is 29.2. The van der Waals surface area contributed by atoms with E-state index in [2.05, 4.69) is 0 Å². The summed E-state index contributed by atoms with van der Waals surface area (Å²) in [4.78, 5) is 23.0. The standard InChI is InChI=1S/C12H20O4/c1-8(2)12(11(14)15-4)7-5-6-10(12)16-9(3)13/h8,10H,5-7H2,1-4H3. The van der Waals surface area contributed by atoms with Gasteiger partial charge in [0.15, 0.2) is 0 Å². The lowest BCUT2D eigenvalue weighted by Crippen LogP contribution is -2.45. The Bertz CT molecular complexity index is 285. The third kappa shape index (κ3) is 2.06. The Morgan fingerprint density at radius 1 is 1.38 bits per heavy atom. The van der Waals surface area contributed by atoms with E-state index in [4.69, 9.17) is 9.47 Å². The molecule has 0 heterocycles. The molecule has 1 saturated carbocycles. The summed E-state index contributed by atoms with van der Waals surface area (Å²) in [5.74, 6) is -0.487. The van der Waals surface area contributed by atoms with Gasteiger partial charge in [0.2, 0.25) is 0 Å². The number of carbonyl (C=O) groups is 2. The maximum absolute atomic E-state index is 12.0. The Morgan fingerprint density at radius 2 is 2.00 bits per heavy atom. The number of methoxy groups -OCH3 is 1. The van der Waals surface area contributed by atoms with Crippen LogP contribution in [0.2, 0.25) is 0 Å². The van der Waals surface area contributed by atoms with Crippen LogP contribution < -0.4 is 0 Å². The molecule has 1 rings (SSSR count). The largest absolute Gasteiger partial charge is 0.468 e. The van der Waals surface area contributed by atoms with Crippen LogP contribution in [0, 0.1) is 11.3 Å². The third-order valence-corrected chi connectivity index (χ3v) is 3.54. The maximum atomic E-state index is 12.0. The van der Waals surface area contributed by atoms with Crippen molar-refractivity contribution in [2.75, 3.05) is 7.11 Å². The van der Waals surface area contributed by atoms with E-state index in [-0.39, 0.29) is 24.0 Å². The molecule has 0 aromatic carbocycles. The summed E-state index contributed by atoms with van der Waals surface area (Å²) < 4.78 is 10.2. The molecular weight excluding hydrogens is 208 g/mol. The summed E-state index contributed by atoms with van der Waals surface area (Å²) in [6.45, 7) is 5.32. The van der Waals surface area contributed by atoms with Gasteiger partial charge < -0.3 is 9.47 Å². The van der Waals surface area contributed by atoms with Gasteiger partial charge >= 0.3 is 11.9 Å². The highest BCUT2D eigenvalue weighted by Gasteiger charge is 2.54. The van der Waals surface area contributed by atoms with Gasteiger partial charge in [-0.1, -0.05) is 13.8 Å². The Hall–Kier alpha value is -1.06. The highest BCUT2D eigenvalue weighted by molar-refractivity contribution is 5.79. The Kier molecular flexibility index (Phi) is 3.94. The Balaban J connectivity index is 2.98. The van der Waals surface area contributed by atoms with Crippen LogP contribution in [0.5, 0.6) is 0 Å². The first-order valence-electron chi connectivity index (χ1n) is 5.70. The van der Waals surface area contributed by atoms with Gasteiger partial charge in [-0.3, -0.25) is 9.59 Å². The second-order valence-corrected chi connectivity index (χ2v) is 4.68. The summed E-state index contributed by atoms with van der Waals surface area (Å²) >= 11 is 0. The number of carbonyl (C=O) groups excluding carboxylic acids is 2. The molecule has 0 saturated heterocycles. The van der Waals surface area contributed by atoms with Gasteiger partial charge in [-0.2, -0.15) is 0 Å². The van der Waals surface area contributed by atoms with E-state index in [1.807, 2.05) is 13.8 Å². The molecule has 4 heteroatoms. The minimum absolute atomic E-state index is 0.104. The monoisotopic (exact) mass is 228 g/mol. The van der Waals surface area contributed by atoms with Crippen molar-refractivity contribution in [3.8, 4) is 0 Å². The van der Waals surface area contributed by atoms with E-state index < -0.39 is 5.41 Å². The molecule has 1 aliphatic rings. The van der Waals surface area contributed by atoms with Gasteiger partial charge in [0.25, 0.3) is 0 Å². The van der Waals surface area contributed by atoms with Crippen molar-refractivity contribution >= 4 is 11.9 Å². The van der Waals surface area contributed by atoms with Gasteiger partial charge in [-0.15, -0.1) is 0 Å². The maximum Gasteiger partial charge on any atom is 0.315 e. The molecule has 1 aliphatic carbocycles. The SMILES string of the molecule is COC(=O)C1(C(C)C)CCCC1OC(C)=O. The molecule has 0 aliphatic heterocycles. The van der Waals surface area contributed by atoms with Crippen LogP contribution in [0.1, 0.15) is 40.0 Å². The number of hydrogen-bond acceptors (Lipinski definition) is 4. The summed E-state index contributed by atoms with van der Waals surface area (Å²) in [6, 6.07) is 0. The molecule has 0 radical (unpaired) electrons. The lowest BCUT2D eigenvalue weighted by molar-refractivity contribution is -0.171. The zero-order valence-electron chi connectivity index (χ0n) is 10.4. The van der Waals surface area contributed by atoms with E-state index in [0.717, 1.165) is 19.3 Å².